The fourth-order valence-corrected chi connectivity index (χ4v) is 2.47. The molecular weight excluding hydrogens is 308 g/mol. The Bertz CT molecular complexity index is 773. The highest BCUT2D eigenvalue weighted by molar-refractivity contribution is 5.97. The van der Waals surface area contributed by atoms with E-state index in [-0.39, 0.29) is 18.2 Å². The molecule has 2 aromatic carbocycles. The van der Waals surface area contributed by atoms with Crippen LogP contribution in [0.5, 0.6) is 11.5 Å². The lowest BCUT2D eigenvalue weighted by Crippen LogP contribution is -2.19. The Hall–Kier alpha value is -3.02. The van der Waals surface area contributed by atoms with Gasteiger partial charge in [0.05, 0.1) is 6.42 Å². The van der Waals surface area contributed by atoms with Gasteiger partial charge in [-0.25, -0.2) is 0 Å². The van der Waals surface area contributed by atoms with Crippen molar-refractivity contribution in [2.75, 3.05) is 25.6 Å². The number of rotatable bonds is 4. The van der Waals surface area contributed by atoms with Crippen LogP contribution in [0.1, 0.15) is 15.9 Å². The summed E-state index contributed by atoms with van der Waals surface area (Å²) in [6.07, 6.45) is 0.209. The second kappa shape index (κ2) is 7.04. The Morgan fingerprint density at radius 2 is 1.83 bits per heavy atom. The molecule has 0 radical (unpaired) electrons. The van der Waals surface area contributed by atoms with Gasteiger partial charge in [0, 0.05) is 18.3 Å². The minimum Gasteiger partial charge on any atom is -0.486 e. The van der Waals surface area contributed by atoms with Gasteiger partial charge in [-0.05, 0) is 35.9 Å². The first-order valence-corrected chi connectivity index (χ1v) is 7.66. The predicted molar refractivity (Wildman–Crippen MR) is 89.6 cm³/mol. The van der Waals surface area contributed by atoms with E-state index in [9.17, 15) is 9.59 Å². The summed E-state index contributed by atoms with van der Waals surface area (Å²) in [4.78, 5) is 23.8. The van der Waals surface area contributed by atoms with E-state index in [1.165, 1.54) is 0 Å². The van der Waals surface area contributed by atoms with E-state index in [1.54, 1.807) is 31.3 Å². The number of hydrogen-bond donors (Lipinski definition) is 2. The summed E-state index contributed by atoms with van der Waals surface area (Å²) >= 11 is 0. The molecule has 0 aliphatic carbocycles. The van der Waals surface area contributed by atoms with Crippen molar-refractivity contribution in [2.45, 2.75) is 6.42 Å². The Labute approximate surface area is 139 Å². The molecule has 0 fully saturated rings. The number of benzene rings is 2. The maximum Gasteiger partial charge on any atom is 0.251 e. The number of ether oxygens (including phenoxy) is 2. The summed E-state index contributed by atoms with van der Waals surface area (Å²) in [5, 5.41) is 5.35. The van der Waals surface area contributed by atoms with Crippen LogP contribution in [-0.4, -0.2) is 32.1 Å². The predicted octanol–water partition coefficient (Wildman–Crippen LogP) is 2.00. The molecule has 0 saturated heterocycles. The van der Waals surface area contributed by atoms with Crippen LogP contribution in [0.2, 0.25) is 0 Å². The van der Waals surface area contributed by atoms with E-state index >= 15 is 0 Å². The summed E-state index contributed by atoms with van der Waals surface area (Å²) < 4.78 is 11.0. The Morgan fingerprint density at radius 3 is 2.62 bits per heavy atom. The monoisotopic (exact) mass is 326 g/mol. The Morgan fingerprint density at radius 1 is 1.04 bits per heavy atom. The highest BCUT2D eigenvalue weighted by Gasteiger charge is 2.13. The van der Waals surface area contributed by atoms with Crippen LogP contribution in [0.25, 0.3) is 0 Å². The summed E-state index contributed by atoms with van der Waals surface area (Å²) in [6, 6.07) is 12.3. The normalized spacial score (nSPS) is 12.4. The smallest absolute Gasteiger partial charge is 0.251 e. The molecular formula is C18H18N2O4. The van der Waals surface area contributed by atoms with Crippen molar-refractivity contribution in [2.24, 2.45) is 0 Å². The average molecular weight is 326 g/mol. The molecule has 3 rings (SSSR count). The van der Waals surface area contributed by atoms with Gasteiger partial charge < -0.3 is 20.1 Å². The first kappa shape index (κ1) is 15.9. The van der Waals surface area contributed by atoms with Crippen molar-refractivity contribution >= 4 is 17.5 Å². The summed E-state index contributed by atoms with van der Waals surface area (Å²) in [5.41, 5.74) is 1.91. The zero-order valence-electron chi connectivity index (χ0n) is 13.3. The van der Waals surface area contributed by atoms with Crippen LogP contribution in [0.3, 0.4) is 0 Å². The highest BCUT2D eigenvalue weighted by Crippen LogP contribution is 2.30. The van der Waals surface area contributed by atoms with E-state index in [0.29, 0.717) is 36.0 Å². The molecule has 0 aromatic heterocycles. The number of fused-ring (bicyclic) bond motifs is 1. The largest absolute Gasteiger partial charge is 0.486 e. The summed E-state index contributed by atoms with van der Waals surface area (Å²) in [7, 11) is 1.56. The molecule has 0 spiro atoms. The number of nitrogens with one attached hydrogen (secondary N) is 2. The zero-order chi connectivity index (χ0) is 16.9. The number of anilines is 1. The van der Waals surface area contributed by atoms with Crippen molar-refractivity contribution in [3.8, 4) is 11.5 Å². The number of hydrogen-bond acceptors (Lipinski definition) is 4. The van der Waals surface area contributed by atoms with Crippen molar-refractivity contribution in [1.29, 1.82) is 0 Å². The Balaban J connectivity index is 1.66. The minimum atomic E-state index is -0.196. The van der Waals surface area contributed by atoms with E-state index in [0.717, 1.165) is 5.56 Å². The molecule has 1 heterocycles. The topological polar surface area (TPSA) is 76.7 Å². The third-order valence-corrected chi connectivity index (χ3v) is 3.61. The molecule has 24 heavy (non-hydrogen) atoms. The molecule has 0 unspecified atom stereocenters. The van der Waals surface area contributed by atoms with Gasteiger partial charge in [0.25, 0.3) is 5.91 Å². The second-order valence-corrected chi connectivity index (χ2v) is 5.36. The molecule has 2 amide bonds. The molecule has 0 saturated carbocycles. The van der Waals surface area contributed by atoms with Crippen LogP contribution < -0.4 is 20.1 Å². The Kier molecular flexibility index (Phi) is 4.65. The summed E-state index contributed by atoms with van der Waals surface area (Å²) in [5.74, 6) is 0.996. The van der Waals surface area contributed by atoms with E-state index in [1.807, 2.05) is 18.2 Å². The molecule has 0 bridgehead atoms. The molecule has 124 valence electrons. The standard InChI is InChI=1S/C18H18N2O4/c1-19-18(22)13-3-2-4-14(11-13)20-17(21)10-12-5-6-15-16(9-12)24-8-7-23-15/h2-6,9,11H,7-8,10H2,1H3,(H,19,22)(H,20,21). The first-order valence-electron chi connectivity index (χ1n) is 7.66. The van der Waals surface area contributed by atoms with Crippen molar-refractivity contribution in [3.63, 3.8) is 0 Å². The lowest BCUT2D eigenvalue weighted by molar-refractivity contribution is -0.115. The molecule has 6 nitrogen and oxygen atoms in total. The molecule has 1 aliphatic rings. The van der Waals surface area contributed by atoms with Gasteiger partial charge in [-0.3, -0.25) is 9.59 Å². The lowest BCUT2D eigenvalue weighted by atomic mass is 10.1. The van der Waals surface area contributed by atoms with E-state index in [2.05, 4.69) is 10.6 Å². The van der Waals surface area contributed by atoms with Gasteiger partial charge in [-0.1, -0.05) is 12.1 Å². The van der Waals surface area contributed by atoms with Gasteiger partial charge in [0.2, 0.25) is 5.91 Å². The number of carbonyl (C=O) groups is 2. The third-order valence-electron chi connectivity index (χ3n) is 3.61. The average Bonchev–Trinajstić information content (AvgIpc) is 2.61. The van der Waals surface area contributed by atoms with E-state index < -0.39 is 0 Å². The first-order chi connectivity index (χ1) is 11.7. The molecule has 2 N–H and O–H groups in total. The lowest BCUT2D eigenvalue weighted by Gasteiger charge is -2.18. The van der Waals surface area contributed by atoms with E-state index in [4.69, 9.17) is 9.47 Å². The SMILES string of the molecule is CNC(=O)c1cccc(NC(=O)Cc2ccc3c(c2)OCCO3)c1. The van der Waals surface area contributed by atoms with Gasteiger partial charge in [0.1, 0.15) is 13.2 Å². The van der Waals surface area contributed by atoms with Crippen LogP contribution >= 0.6 is 0 Å². The van der Waals surface area contributed by atoms with Gasteiger partial charge in [-0.15, -0.1) is 0 Å². The van der Waals surface area contributed by atoms with Crippen LogP contribution in [0.4, 0.5) is 5.69 Å². The van der Waals surface area contributed by atoms with Crippen molar-refractivity contribution in [3.05, 3.63) is 53.6 Å². The fraction of sp³-hybridized carbons (Fsp3) is 0.222. The van der Waals surface area contributed by atoms with Crippen LogP contribution in [0.15, 0.2) is 42.5 Å². The van der Waals surface area contributed by atoms with Gasteiger partial charge in [0.15, 0.2) is 11.5 Å². The fourth-order valence-electron chi connectivity index (χ4n) is 2.47. The summed E-state index contributed by atoms with van der Waals surface area (Å²) in [6.45, 7) is 1.05. The maximum absolute atomic E-state index is 12.2. The number of carbonyl (C=O) groups excluding carboxylic acids is 2. The molecule has 6 heteroatoms. The third kappa shape index (κ3) is 3.65. The maximum atomic E-state index is 12.2. The second-order valence-electron chi connectivity index (χ2n) is 5.36. The van der Waals surface area contributed by atoms with Crippen molar-refractivity contribution in [1.82, 2.24) is 5.32 Å². The highest BCUT2D eigenvalue weighted by atomic mass is 16.6. The van der Waals surface area contributed by atoms with Crippen molar-refractivity contribution < 1.29 is 19.1 Å². The number of amides is 2. The molecule has 2 aromatic rings. The molecule has 0 atom stereocenters. The van der Waals surface area contributed by atoms with Gasteiger partial charge >= 0.3 is 0 Å². The van der Waals surface area contributed by atoms with Crippen LogP contribution in [-0.2, 0) is 11.2 Å². The minimum absolute atomic E-state index is 0.166. The van der Waals surface area contributed by atoms with Gasteiger partial charge in [-0.2, -0.15) is 0 Å². The zero-order valence-corrected chi connectivity index (χ0v) is 13.3. The molecule has 1 aliphatic heterocycles. The van der Waals surface area contributed by atoms with Crippen LogP contribution in [0, 0.1) is 0 Å². The quantitative estimate of drug-likeness (QED) is 0.901.